The molecule has 0 aromatic heterocycles. The van der Waals surface area contributed by atoms with Crippen LogP contribution in [0.4, 0.5) is 5.69 Å². The molecule has 164 valence electrons. The highest BCUT2D eigenvalue weighted by molar-refractivity contribution is 7.92. The first-order chi connectivity index (χ1) is 14.1. The maximum Gasteiger partial charge on any atom is 0.232 e. The molecule has 0 unspecified atom stereocenters. The third kappa shape index (κ3) is 6.92. The zero-order valence-corrected chi connectivity index (χ0v) is 19.4. The molecule has 0 saturated carbocycles. The van der Waals surface area contributed by atoms with Crippen LogP contribution in [0, 0.1) is 13.8 Å². The number of carbonyl (C=O) groups excluding carboxylic acids is 1. The summed E-state index contributed by atoms with van der Waals surface area (Å²) in [5, 5.41) is 3.39. The summed E-state index contributed by atoms with van der Waals surface area (Å²) < 4.78 is 31.6. The van der Waals surface area contributed by atoms with Crippen LogP contribution in [0.15, 0.2) is 42.5 Å². The van der Waals surface area contributed by atoms with E-state index in [-0.39, 0.29) is 24.9 Å². The van der Waals surface area contributed by atoms with Gasteiger partial charge in [-0.05, 0) is 56.5 Å². The molecule has 0 spiro atoms. The van der Waals surface area contributed by atoms with Gasteiger partial charge in [0.05, 0.1) is 18.0 Å². The number of hydrogen-bond acceptors (Lipinski definition) is 4. The Morgan fingerprint density at radius 1 is 1.17 bits per heavy atom. The summed E-state index contributed by atoms with van der Waals surface area (Å²) in [6, 6.07) is 12.7. The normalized spacial score (nSPS) is 12.3. The molecule has 0 aliphatic rings. The Labute approximate surface area is 184 Å². The van der Waals surface area contributed by atoms with Crippen LogP contribution in [0.5, 0.6) is 5.75 Å². The molecule has 1 atom stereocenters. The Balaban J connectivity index is 1.87. The smallest absolute Gasteiger partial charge is 0.232 e. The molecule has 0 aliphatic carbocycles. The van der Waals surface area contributed by atoms with Crippen LogP contribution < -0.4 is 14.4 Å². The van der Waals surface area contributed by atoms with Crippen molar-refractivity contribution in [2.24, 2.45) is 0 Å². The molecular formula is C22H29ClN2O4S. The van der Waals surface area contributed by atoms with E-state index < -0.39 is 10.0 Å². The van der Waals surface area contributed by atoms with Gasteiger partial charge in [-0.1, -0.05) is 35.9 Å². The number of sulfonamides is 1. The van der Waals surface area contributed by atoms with E-state index in [0.717, 1.165) is 17.6 Å². The van der Waals surface area contributed by atoms with Crippen LogP contribution in [0.1, 0.15) is 30.9 Å². The Morgan fingerprint density at radius 2 is 1.87 bits per heavy atom. The van der Waals surface area contributed by atoms with Gasteiger partial charge in [0.15, 0.2) is 0 Å². The molecule has 0 aliphatic heterocycles. The number of benzene rings is 2. The van der Waals surface area contributed by atoms with Gasteiger partial charge >= 0.3 is 0 Å². The lowest BCUT2D eigenvalue weighted by Gasteiger charge is -2.24. The van der Waals surface area contributed by atoms with Crippen molar-refractivity contribution in [3.8, 4) is 5.75 Å². The first-order valence-electron chi connectivity index (χ1n) is 9.80. The summed E-state index contributed by atoms with van der Waals surface area (Å²) in [4.78, 5) is 12.3. The second-order valence-electron chi connectivity index (χ2n) is 7.37. The number of anilines is 1. The third-order valence-electron chi connectivity index (χ3n) is 4.66. The van der Waals surface area contributed by atoms with E-state index >= 15 is 0 Å². The Morgan fingerprint density at radius 3 is 2.53 bits per heavy atom. The van der Waals surface area contributed by atoms with Crippen LogP contribution in [0.3, 0.4) is 0 Å². The van der Waals surface area contributed by atoms with E-state index in [1.807, 2.05) is 38.1 Å². The van der Waals surface area contributed by atoms with Gasteiger partial charge in [0.1, 0.15) is 12.4 Å². The second-order valence-corrected chi connectivity index (χ2v) is 9.68. The zero-order valence-electron chi connectivity index (χ0n) is 17.8. The highest BCUT2D eigenvalue weighted by atomic mass is 35.5. The number of amides is 1. The summed E-state index contributed by atoms with van der Waals surface area (Å²) in [6.07, 6.45) is 1.75. The van der Waals surface area contributed by atoms with E-state index in [1.165, 1.54) is 4.31 Å². The van der Waals surface area contributed by atoms with Gasteiger partial charge in [-0.3, -0.25) is 9.10 Å². The quantitative estimate of drug-likeness (QED) is 0.589. The number of rotatable bonds is 10. The summed E-state index contributed by atoms with van der Waals surface area (Å²) in [7, 11) is -3.50. The van der Waals surface area contributed by atoms with Crippen molar-refractivity contribution in [3.05, 3.63) is 58.6 Å². The van der Waals surface area contributed by atoms with Gasteiger partial charge in [-0.15, -0.1) is 0 Å². The summed E-state index contributed by atoms with van der Waals surface area (Å²) in [5.74, 6) is 0.645. The zero-order chi connectivity index (χ0) is 22.3. The number of hydrogen-bond donors (Lipinski definition) is 1. The van der Waals surface area contributed by atoms with Crippen molar-refractivity contribution in [3.63, 3.8) is 0 Å². The molecule has 6 nitrogen and oxygen atoms in total. The van der Waals surface area contributed by atoms with Gasteiger partial charge in [0, 0.05) is 18.0 Å². The van der Waals surface area contributed by atoms with Crippen molar-refractivity contribution >= 4 is 33.2 Å². The summed E-state index contributed by atoms with van der Waals surface area (Å²) in [5.41, 5.74) is 2.26. The largest absolute Gasteiger partial charge is 0.491 e. The van der Waals surface area contributed by atoms with Gasteiger partial charge in [0.25, 0.3) is 0 Å². The Bertz CT molecular complexity index is 979. The number of ether oxygens (including phenoxy) is 1. The highest BCUT2D eigenvalue weighted by Crippen LogP contribution is 2.28. The maximum absolute atomic E-state index is 12.3. The van der Waals surface area contributed by atoms with Gasteiger partial charge in [0.2, 0.25) is 15.9 Å². The molecule has 0 heterocycles. The molecule has 1 amide bonds. The standard InChI is InChI=1S/C22H29ClN2O4S/c1-16-9-5-6-12-21(16)29-15-17(2)24-22(26)13-8-14-25(30(4,27)28)20-11-7-10-19(23)18(20)3/h5-7,9-12,17H,8,13-15H2,1-4H3,(H,24,26)/t17-/m0/s1. The minimum Gasteiger partial charge on any atom is -0.491 e. The number of nitrogens with one attached hydrogen (secondary N) is 1. The SMILES string of the molecule is Cc1ccccc1OC[C@H](C)NC(=O)CCCN(c1cccc(Cl)c1C)S(C)(=O)=O. The van der Waals surface area contributed by atoms with Crippen molar-refractivity contribution in [2.45, 2.75) is 39.7 Å². The monoisotopic (exact) mass is 452 g/mol. The number of para-hydroxylation sites is 1. The van der Waals surface area contributed by atoms with Gasteiger partial charge in [-0.2, -0.15) is 0 Å². The van der Waals surface area contributed by atoms with E-state index in [9.17, 15) is 13.2 Å². The van der Waals surface area contributed by atoms with Crippen LogP contribution in [-0.2, 0) is 14.8 Å². The minimum absolute atomic E-state index is 0.146. The van der Waals surface area contributed by atoms with Gasteiger partial charge in [-0.25, -0.2) is 8.42 Å². The number of nitrogens with zero attached hydrogens (tertiary/aromatic N) is 1. The van der Waals surface area contributed by atoms with E-state index in [0.29, 0.717) is 29.3 Å². The van der Waals surface area contributed by atoms with Crippen molar-refractivity contribution in [1.29, 1.82) is 0 Å². The molecule has 1 N–H and O–H groups in total. The average Bonchev–Trinajstić information content (AvgIpc) is 2.66. The molecule has 0 saturated heterocycles. The molecule has 0 fully saturated rings. The van der Waals surface area contributed by atoms with Crippen molar-refractivity contribution in [1.82, 2.24) is 5.32 Å². The molecule has 2 aromatic carbocycles. The minimum atomic E-state index is -3.50. The van der Waals surface area contributed by atoms with Crippen molar-refractivity contribution < 1.29 is 17.9 Å². The summed E-state index contributed by atoms with van der Waals surface area (Å²) >= 11 is 6.14. The summed E-state index contributed by atoms with van der Waals surface area (Å²) in [6.45, 7) is 6.16. The number of aryl methyl sites for hydroxylation is 1. The van der Waals surface area contributed by atoms with Crippen molar-refractivity contribution in [2.75, 3.05) is 23.7 Å². The third-order valence-corrected chi connectivity index (χ3v) is 6.25. The molecule has 8 heteroatoms. The lowest BCUT2D eigenvalue weighted by molar-refractivity contribution is -0.121. The van der Waals surface area contributed by atoms with Crippen LogP contribution >= 0.6 is 11.6 Å². The lowest BCUT2D eigenvalue weighted by atomic mass is 10.2. The van der Waals surface area contributed by atoms with Crippen LogP contribution in [-0.4, -0.2) is 39.8 Å². The fourth-order valence-corrected chi connectivity index (χ4v) is 4.22. The molecular weight excluding hydrogens is 424 g/mol. The average molecular weight is 453 g/mol. The fraction of sp³-hybridized carbons (Fsp3) is 0.409. The van der Waals surface area contributed by atoms with Gasteiger partial charge < -0.3 is 10.1 Å². The molecule has 30 heavy (non-hydrogen) atoms. The van der Waals surface area contributed by atoms with Crippen LogP contribution in [0.25, 0.3) is 0 Å². The fourth-order valence-electron chi connectivity index (χ4n) is 3.04. The molecule has 2 rings (SSSR count). The Kier molecular flexibility index (Phi) is 8.55. The number of halogens is 1. The predicted molar refractivity (Wildman–Crippen MR) is 122 cm³/mol. The first kappa shape index (κ1) is 24.0. The predicted octanol–water partition coefficient (Wildman–Crippen LogP) is 4.09. The first-order valence-corrected chi connectivity index (χ1v) is 12.0. The maximum atomic E-state index is 12.3. The topological polar surface area (TPSA) is 75.7 Å². The number of carbonyl (C=O) groups is 1. The van der Waals surface area contributed by atoms with E-state index in [4.69, 9.17) is 16.3 Å². The second kappa shape index (κ2) is 10.7. The lowest BCUT2D eigenvalue weighted by Crippen LogP contribution is -2.37. The molecule has 2 aromatic rings. The van der Waals surface area contributed by atoms with E-state index in [2.05, 4.69) is 5.32 Å². The van der Waals surface area contributed by atoms with E-state index in [1.54, 1.807) is 25.1 Å². The highest BCUT2D eigenvalue weighted by Gasteiger charge is 2.20. The molecule has 0 radical (unpaired) electrons. The Hall–Kier alpha value is -2.25. The molecule has 0 bridgehead atoms. The van der Waals surface area contributed by atoms with Crippen LogP contribution in [0.2, 0.25) is 5.02 Å².